The molecule has 0 unspecified atom stereocenters. The first kappa shape index (κ1) is 15.4. The lowest BCUT2D eigenvalue weighted by Gasteiger charge is -2.06. The summed E-state index contributed by atoms with van der Waals surface area (Å²) < 4.78 is 0. The Kier molecular flexibility index (Phi) is 7.28. The van der Waals surface area contributed by atoms with Crippen LogP contribution in [-0.2, 0) is 4.79 Å². The first-order valence-corrected chi connectivity index (χ1v) is 8.51. The minimum Gasteiger partial charge on any atom is -0.325 e. The largest absolute Gasteiger partial charge is 0.325 e. The van der Waals surface area contributed by atoms with E-state index in [0.717, 1.165) is 11.4 Å². The second-order valence-corrected chi connectivity index (χ2v) is 6.50. The highest BCUT2D eigenvalue weighted by Gasteiger charge is 2.03. The van der Waals surface area contributed by atoms with Crippen molar-refractivity contribution in [1.29, 1.82) is 0 Å². The summed E-state index contributed by atoms with van der Waals surface area (Å²) >= 11 is 3.40. The molecule has 0 saturated carbocycles. The van der Waals surface area contributed by atoms with Crippen LogP contribution in [0.1, 0.15) is 20.3 Å². The number of nitrogens with one attached hydrogen (secondary N) is 1. The van der Waals surface area contributed by atoms with E-state index >= 15 is 0 Å². The summed E-state index contributed by atoms with van der Waals surface area (Å²) in [6.07, 6.45) is 3.21. The van der Waals surface area contributed by atoms with Crippen molar-refractivity contribution in [2.75, 3.05) is 23.1 Å². The zero-order valence-electron chi connectivity index (χ0n) is 11.2. The van der Waals surface area contributed by atoms with Crippen LogP contribution in [0.4, 0.5) is 5.69 Å². The van der Waals surface area contributed by atoms with Gasteiger partial charge >= 0.3 is 0 Å². The molecule has 0 aliphatic carbocycles. The number of carbonyl (C=O) groups excluding carboxylic acids is 1. The molecule has 1 rings (SSSR count). The predicted molar refractivity (Wildman–Crippen MR) is 83.6 cm³/mol. The van der Waals surface area contributed by atoms with E-state index in [1.807, 2.05) is 30.5 Å². The van der Waals surface area contributed by atoms with Gasteiger partial charge in [0.25, 0.3) is 0 Å². The third-order valence-corrected chi connectivity index (χ3v) is 4.18. The first-order valence-electron chi connectivity index (χ1n) is 6.13. The Morgan fingerprint density at radius 3 is 2.50 bits per heavy atom. The molecule has 18 heavy (non-hydrogen) atoms. The molecule has 0 atom stereocenters. The van der Waals surface area contributed by atoms with Crippen LogP contribution >= 0.6 is 23.5 Å². The van der Waals surface area contributed by atoms with Crippen molar-refractivity contribution in [3.63, 3.8) is 0 Å². The molecule has 1 aromatic rings. The van der Waals surface area contributed by atoms with Crippen molar-refractivity contribution in [2.45, 2.75) is 25.2 Å². The molecular formula is C14H21NOS2. The van der Waals surface area contributed by atoms with E-state index in [1.54, 1.807) is 23.5 Å². The maximum Gasteiger partial charge on any atom is 0.234 e. The Hall–Kier alpha value is -0.610. The number of hydrogen-bond acceptors (Lipinski definition) is 3. The second kappa shape index (κ2) is 8.48. The predicted octanol–water partition coefficient (Wildman–Crippen LogP) is 4.13. The molecule has 0 aromatic heterocycles. The minimum atomic E-state index is 0.0839. The number of anilines is 1. The summed E-state index contributed by atoms with van der Waals surface area (Å²) in [4.78, 5) is 12.9. The Balaban J connectivity index is 2.26. The van der Waals surface area contributed by atoms with Crippen LogP contribution in [0.25, 0.3) is 0 Å². The van der Waals surface area contributed by atoms with Crippen molar-refractivity contribution in [1.82, 2.24) is 0 Å². The molecule has 1 amide bonds. The Bertz CT molecular complexity index is 363. The van der Waals surface area contributed by atoms with Gasteiger partial charge in [0.05, 0.1) is 5.75 Å². The van der Waals surface area contributed by atoms with Crippen molar-refractivity contribution in [3.05, 3.63) is 24.3 Å². The van der Waals surface area contributed by atoms with Gasteiger partial charge in [0.2, 0.25) is 5.91 Å². The molecule has 0 saturated heterocycles. The van der Waals surface area contributed by atoms with Crippen LogP contribution in [0, 0.1) is 5.92 Å². The van der Waals surface area contributed by atoms with Crippen molar-refractivity contribution >= 4 is 35.1 Å². The topological polar surface area (TPSA) is 29.1 Å². The lowest BCUT2D eigenvalue weighted by Crippen LogP contribution is -2.14. The van der Waals surface area contributed by atoms with Gasteiger partial charge in [0.15, 0.2) is 0 Å². The lowest BCUT2D eigenvalue weighted by molar-refractivity contribution is -0.113. The highest BCUT2D eigenvalue weighted by molar-refractivity contribution is 7.99. The third-order valence-electron chi connectivity index (χ3n) is 2.45. The Morgan fingerprint density at radius 1 is 1.28 bits per heavy atom. The van der Waals surface area contributed by atoms with Gasteiger partial charge in [-0.2, -0.15) is 11.8 Å². The smallest absolute Gasteiger partial charge is 0.234 e. The maximum atomic E-state index is 11.7. The number of thioether (sulfide) groups is 2. The SMILES string of the molecule is CSc1ccc(NC(=O)CSCCC(C)C)cc1. The fraction of sp³-hybridized carbons (Fsp3) is 0.500. The minimum absolute atomic E-state index is 0.0839. The summed E-state index contributed by atoms with van der Waals surface area (Å²) in [5.41, 5.74) is 0.877. The highest BCUT2D eigenvalue weighted by Crippen LogP contribution is 2.17. The Labute approximate surface area is 118 Å². The number of rotatable bonds is 7. The van der Waals surface area contributed by atoms with Gasteiger partial charge in [0, 0.05) is 10.6 Å². The van der Waals surface area contributed by atoms with Crippen LogP contribution in [-0.4, -0.2) is 23.7 Å². The van der Waals surface area contributed by atoms with Gasteiger partial charge in [-0.05, 0) is 48.6 Å². The van der Waals surface area contributed by atoms with Crippen LogP contribution in [0.5, 0.6) is 0 Å². The summed E-state index contributed by atoms with van der Waals surface area (Å²) in [6.45, 7) is 4.40. The van der Waals surface area contributed by atoms with E-state index in [-0.39, 0.29) is 5.91 Å². The summed E-state index contributed by atoms with van der Waals surface area (Å²) in [5.74, 6) is 2.38. The van der Waals surface area contributed by atoms with Crippen molar-refractivity contribution < 1.29 is 4.79 Å². The van der Waals surface area contributed by atoms with Crippen LogP contribution in [0.15, 0.2) is 29.2 Å². The number of benzene rings is 1. The van der Waals surface area contributed by atoms with E-state index in [0.29, 0.717) is 11.7 Å². The summed E-state index contributed by atoms with van der Waals surface area (Å²) in [6, 6.07) is 7.93. The van der Waals surface area contributed by atoms with Gasteiger partial charge in [-0.15, -0.1) is 11.8 Å². The molecule has 100 valence electrons. The number of hydrogen-bond donors (Lipinski definition) is 1. The lowest BCUT2D eigenvalue weighted by atomic mass is 10.2. The first-order chi connectivity index (χ1) is 8.61. The van der Waals surface area contributed by atoms with E-state index < -0.39 is 0 Å². The third kappa shape index (κ3) is 6.36. The van der Waals surface area contributed by atoms with E-state index in [2.05, 4.69) is 19.2 Å². The van der Waals surface area contributed by atoms with Gasteiger partial charge < -0.3 is 5.32 Å². The zero-order valence-corrected chi connectivity index (χ0v) is 12.9. The second-order valence-electron chi connectivity index (χ2n) is 4.51. The number of amides is 1. The molecule has 2 nitrogen and oxygen atoms in total. The molecule has 0 aliphatic rings. The molecule has 0 fully saturated rings. The van der Waals surface area contributed by atoms with Crippen LogP contribution in [0.3, 0.4) is 0 Å². The fourth-order valence-electron chi connectivity index (χ4n) is 1.36. The quantitative estimate of drug-likeness (QED) is 0.602. The maximum absolute atomic E-state index is 11.7. The molecule has 0 aliphatic heterocycles. The summed E-state index contributed by atoms with van der Waals surface area (Å²) in [7, 11) is 0. The van der Waals surface area contributed by atoms with Crippen molar-refractivity contribution in [3.8, 4) is 0 Å². The monoisotopic (exact) mass is 283 g/mol. The molecule has 4 heteroatoms. The van der Waals surface area contributed by atoms with Gasteiger partial charge in [-0.25, -0.2) is 0 Å². The molecule has 0 heterocycles. The fourth-order valence-corrected chi connectivity index (χ4v) is 2.80. The standard InChI is InChI=1S/C14H21NOS2/c1-11(2)8-9-18-10-14(16)15-12-4-6-13(17-3)7-5-12/h4-7,11H,8-10H2,1-3H3,(H,15,16). The molecule has 1 N–H and O–H groups in total. The average Bonchev–Trinajstić information content (AvgIpc) is 2.35. The van der Waals surface area contributed by atoms with Crippen LogP contribution in [0.2, 0.25) is 0 Å². The number of carbonyl (C=O) groups is 1. The van der Waals surface area contributed by atoms with Gasteiger partial charge in [-0.1, -0.05) is 13.8 Å². The normalized spacial score (nSPS) is 10.7. The average molecular weight is 283 g/mol. The molecule has 0 spiro atoms. The zero-order chi connectivity index (χ0) is 13.4. The van der Waals surface area contributed by atoms with Crippen LogP contribution < -0.4 is 5.32 Å². The molecular weight excluding hydrogens is 262 g/mol. The van der Waals surface area contributed by atoms with E-state index in [4.69, 9.17) is 0 Å². The van der Waals surface area contributed by atoms with Gasteiger partial charge in [-0.3, -0.25) is 4.79 Å². The van der Waals surface area contributed by atoms with E-state index in [9.17, 15) is 4.79 Å². The highest BCUT2D eigenvalue weighted by atomic mass is 32.2. The molecule has 1 aromatic carbocycles. The summed E-state index contributed by atoms with van der Waals surface area (Å²) in [5, 5.41) is 2.91. The van der Waals surface area contributed by atoms with Gasteiger partial charge in [0.1, 0.15) is 0 Å². The Morgan fingerprint density at radius 2 is 1.94 bits per heavy atom. The van der Waals surface area contributed by atoms with E-state index in [1.165, 1.54) is 11.3 Å². The molecule has 0 radical (unpaired) electrons. The van der Waals surface area contributed by atoms with Crippen molar-refractivity contribution in [2.24, 2.45) is 5.92 Å². The molecule has 0 bridgehead atoms.